The van der Waals surface area contributed by atoms with Crippen LogP contribution < -0.4 is 5.32 Å². The molecule has 0 unspecified atom stereocenters. The van der Waals surface area contributed by atoms with Gasteiger partial charge in [-0.2, -0.15) is 13.2 Å². The molecule has 0 aliphatic rings. The van der Waals surface area contributed by atoms with Crippen molar-refractivity contribution in [2.75, 3.05) is 5.32 Å². The molecule has 7 nitrogen and oxygen atoms in total. The zero-order valence-electron chi connectivity index (χ0n) is 13.9. The lowest BCUT2D eigenvalue weighted by Crippen LogP contribution is -2.14. The van der Waals surface area contributed by atoms with Crippen LogP contribution in [0.5, 0.6) is 0 Å². The van der Waals surface area contributed by atoms with E-state index < -0.39 is 72.9 Å². The van der Waals surface area contributed by atoms with Crippen LogP contribution in [0.4, 0.5) is 49.1 Å². The highest BCUT2D eigenvalue weighted by atomic mass is 19.4. The highest BCUT2D eigenvalue weighted by Crippen LogP contribution is 2.44. The van der Waals surface area contributed by atoms with Gasteiger partial charge in [0.1, 0.15) is 17.2 Å². The number of nitrogens with one attached hydrogen (secondary N) is 1. The predicted octanol–water partition coefficient (Wildman–Crippen LogP) is 5.30. The number of anilines is 2. The molecule has 13 heteroatoms. The van der Waals surface area contributed by atoms with Gasteiger partial charge in [0.15, 0.2) is 11.6 Å². The molecule has 0 aromatic heterocycles. The second-order valence-electron chi connectivity index (χ2n) is 5.59. The van der Waals surface area contributed by atoms with Crippen LogP contribution in [0.1, 0.15) is 16.7 Å². The number of hydrogen-bond donors (Lipinski definition) is 1. The molecule has 2 rings (SSSR count). The quantitative estimate of drug-likeness (QED) is 0.420. The first-order chi connectivity index (χ1) is 12.8. The molecule has 0 spiro atoms. The van der Waals surface area contributed by atoms with Crippen molar-refractivity contribution in [3.8, 4) is 0 Å². The van der Waals surface area contributed by atoms with Crippen molar-refractivity contribution in [3.05, 3.63) is 66.5 Å². The Hall–Kier alpha value is -3.38. The van der Waals surface area contributed by atoms with Gasteiger partial charge in [-0.25, -0.2) is 13.2 Å². The van der Waals surface area contributed by atoms with E-state index in [1.807, 2.05) is 0 Å². The van der Waals surface area contributed by atoms with Crippen molar-refractivity contribution in [1.82, 2.24) is 0 Å². The normalized spacial score (nSPS) is 11.4. The zero-order chi connectivity index (χ0) is 21.5. The van der Waals surface area contributed by atoms with E-state index in [9.17, 15) is 46.6 Å². The minimum absolute atomic E-state index is 0.0195. The minimum Gasteiger partial charge on any atom is -0.345 e. The molecule has 0 aliphatic heterocycles. The van der Waals surface area contributed by atoms with Crippen molar-refractivity contribution in [2.45, 2.75) is 20.0 Å². The molecule has 28 heavy (non-hydrogen) atoms. The molecule has 0 amide bonds. The number of halogens is 6. The molecule has 1 N–H and O–H groups in total. The Morgan fingerprint density at radius 1 is 0.857 bits per heavy atom. The van der Waals surface area contributed by atoms with Crippen LogP contribution in [0, 0.1) is 51.5 Å². The van der Waals surface area contributed by atoms with E-state index in [1.54, 1.807) is 5.32 Å². The summed E-state index contributed by atoms with van der Waals surface area (Å²) in [4.78, 5) is 19.3. The molecule has 2 aromatic rings. The number of nitrogens with zero attached hydrogens (tertiary/aromatic N) is 2. The lowest BCUT2D eigenvalue weighted by Gasteiger charge is -2.17. The van der Waals surface area contributed by atoms with E-state index in [0.29, 0.717) is 0 Å². The van der Waals surface area contributed by atoms with Gasteiger partial charge in [0, 0.05) is 17.2 Å². The molecule has 0 bridgehead atoms. The Kier molecular flexibility index (Phi) is 5.21. The van der Waals surface area contributed by atoms with Gasteiger partial charge < -0.3 is 5.32 Å². The Labute approximate surface area is 151 Å². The summed E-state index contributed by atoms with van der Waals surface area (Å²) < 4.78 is 82.2. The highest BCUT2D eigenvalue weighted by Gasteiger charge is 2.40. The summed E-state index contributed by atoms with van der Waals surface area (Å²) in [5.41, 5.74) is -8.76. The molecule has 0 heterocycles. The molecule has 0 atom stereocenters. The van der Waals surface area contributed by atoms with Crippen LogP contribution in [0.2, 0.25) is 0 Å². The molecule has 0 saturated heterocycles. The number of hydrogen-bond acceptors (Lipinski definition) is 5. The standard InChI is InChI=1S/C15H9F6N3O4/c1-5-10(16)6(2)12(18)14(11(5)17)22-13-8(15(19,20)21)3-7(23(25)26)4-9(13)24(27)28/h3-4,22H,1-2H3. The molecule has 2 aromatic carbocycles. The van der Waals surface area contributed by atoms with Gasteiger partial charge in [-0.3, -0.25) is 20.2 Å². The summed E-state index contributed by atoms with van der Waals surface area (Å²) in [6.07, 6.45) is -5.35. The van der Waals surface area contributed by atoms with E-state index in [1.165, 1.54) is 0 Å². The first-order valence-corrected chi connectivity index (χ1v) is 7.22. The maximum absolute atomic E-state index is 14.3. The molecular formula is C15H9F6N3O4. The van der Waals surface area contributed by atoms with Crippen molar-refractivity contribution in [2.24, 2.45) is 0 Å². The van der Waals surface area contributed by atoms with Crippen LogP contribution in [0.25, 0.3) is 0 Å². The Morgan fingerprint density at radius 2 is 1.36 bits per heavy atom. The topological polar surface area (TPSA) is 98.3 Å². The van der Waals surface area contributed by atoms with E-state index in [-0.39, 0.29) is 12.1 Å². The monoisotopic (exact) mass is 409 g/mol. The van der Waals surface area contributed by atoms with E-state index in [0.717, 1.165) is 13.8 Å². The summed E-state index contributed by atoms with van der Waals surface area (Å²) in [5.74, 6) is -4.50. The summed E-state index contributed by atoms with van der Waals surface area (Å²) >= 11 is 0. The van der Waals surface area contributed by atoms with E-state index >= 15 is 0 Å². The summed E-state index contributed by atoms with van der Waals surface area (Å²) in [6.45, 7) is 1.77. The van der Waals surface area contributed by atoms with Crippen molar-refractivity contribution in [3.63, 3.8) is 0 Å². The minimum atomic E-state index is -5.35. The second-order valence-corrected chi connectivity index (χ2v) is 5.59. The average molecular weight is 409 g/mol. The van der Waals surface area contributed by atoms with Crippen molar-refractivity contribution >= 4 is 22.7 Å². The SMILES string of the molecule is Cc1c(F)c(C)c(F)c(Nc2c([N+](=O)[O-])cc([N+](=O)[O-])cc2C(F)(F)F)c1F. The Bertz CT molecular complexity index is 977. The average Bonchev–Trinajstić information content (AvgIpc) is 2.60. The molecule has 0 aliphatic carbocycles. The van der Waals surface area contributed by atoms with E-state index in [4.69, 9.17) is 0 Å². The maximum Gasteiger partial charge on any atom is 0.418 e. The van der Waals surface area contributed by atoms with Gasteiger partial charge >= 0.3 is 6.18 Å². The van der Waals surface area contributed by atoms with Gasteiger partial charge in [0.05, 0.1) is 21.5 Å². The van der Waals surface area contributed by atoms with Gasteiger partial charge in [0.2, 0.25) is 0 Å². The fourth-order valence-electron chi connectivity index (χ4n) is 2.40. The van der Waals surface area contributed by atoms with Gasteiger partial charge in [-0.05, 0) is 13.8 Å². The third-order valence-electron chi connectivity index (χ3n) is 3.82. The van der Waals surface area contributed by atoms with Crippen LogP contribution in [-0.2, 0) is 6.18 Å². The van der Waals surface area contributed by atoms with Gasteiger partial charge in [-0.1, -0.05) is 0 Å². The molecule has 0 radical (unpaired) electrons. The van der Waals surface area contributed by atoms with Gasteiger partial charge in [0.25, 0.3) is 11.4 Å². The van der Waals surface area contributed by atoms with Crippen LogP contribution in [0.3, 0.4) is 0 Å². The number of non-ortho nitro benzene ring substituents is 1. The second kappa shape index (κ2) is 6.98. The first kappa shape index (κ1) is 20.9. The lowest BCUT2D eigenvalue weighted by molar-refractivity contribution is -0.394. The number of benzene rings is 2. The van der Waals surface area contributed by atoms with Crippen LogP contribution in [0.15, 0.2) is 12.1 Å². The van der Waals surface area contributed by atoms with Crippen LogP contribution >= 0.6 is 0 Å². The number of rotatable bonds is 4. The third kappa shape index (κ3) is 3.54. The highest BCUT2D eigenvalue weighted by molar-refractivity contribution is 5.77. The Morgan fingerprint density at radius 3 is 1.75 bits per heavy atom. The third-order valence-corrected chi connectivity index (χ3v) is 3.82. The molecule has 0 saturated carbocycles. The summed E-state index contributed by atoms with van der Waals surface area (Å²) in [6, 6.07) is 0.186. The number of alkyl halides is 3. The first-order valence-electron chi connectivity index (χ1n) is 7.22. The molecule has 0 fully saturated rings. The van der Waals surface area contributed by atoms with Crippen molar-refractivity contribution in [1.29, 1.82) is 0 Å². The fourth-order valence-corrected chi connectivity index (χ4v) is 2.40. The maximum atomic E-state index is 14.3. The fraction of sp³-hybridized carbons (Fsp3) is 0.200. The largest absolute Gasteiger partial charge is 0.418 e. The molecule has 150 valence electrons. The number of nitro benzene ring substituents is 2. The molecular weight excluding hydrogens is 400 g/mol. The van der Waals surface area contributed by atoms with E-state index in [2.05, 4.69) is 0 Å². The Balaban J connectivity index is 2.87. The number of nitro groups is 2. The smallest absolute Gasteiger partial charge is 0.345 e. The van der Waals surface area contributed by atoms with Gasteiger partial charge in [-0.15, -0.1) is 0 Å². The lowest BCUT2D eigenvalue weighted by atomic mass is 10.1. The zero-order valence-corrected chi connectivity index (χ0v) is 13.9. The summed E-state index contributed by atoms with van der Waals surface area (Å²) in [5, 5.41) is 23.6. The summed E-state index contributed by atoms with van der Waals surface area (Å²) in [7, 11) is 0. The van der Waals surface area contributed by atoms with Crippen LogP contribution in [-0.4, -0.2) is 9.85 Å². The predicted molar refractivity (Wildman–Crippen MR) is 83.8 cm³/mol. The van der Waals surface area contributed by atoms with Crippen molar-refractivity contribution < 1.29 is 36.2 Å².